The molecule has 0 unspecified atom stereocenters. The Hall–Kier alpha value is -1.75. The molecule has 26 heavy (non-hydrogen) atoms. The molecular weight excluding hydrogens is 352 g/mol. The van der Waals surface area contributed by atoms with E-state index in [1.54, 1.807) is 0 Å². The van der Waals surface area contributed by atoms with Crippen molar-refractivity contribution in [2.75, 3.05) is 0 Å². The summed E-state index contributed by atoms with van der Waals surface area (Å²) in [5, 5.41) is 59.8. The van der Waals surface area contributed by atoms with Crippen LogP contribution in [0.4, 0.5) is 0 Å². The van der Waals surface area contributed by atoms with Crippen LogP contribution in [0, 0.1) is 0 Å². The van der Waals surface area contributed by atoms with Crippen molar-refractivity contribution < 1.29 is 50.1 Å². The van der Waals surface area contributed by atoms with Crippen LogP contribution in [0.15, 0.2) is 0 Å². The molecule has 0 spiro atoms. The minimum Gasteiger partial charge on any atom is -0.481 e. The van der Waals surface area contributed by atoms with Crippen LogP contribution in [0.25, 0.3) is 0 Å². The molecule has 0 aromatic heterocycles. The van der Waals surface area contributed by atoms with E-state index in [9.17, 15) is 14.4 Å². The summed E-state index contributed by atoms with van der Waals surface area (Å²) in [5.74, 6) is -4.34. The fraction of sp³-hybridized carbons (Fsp3) is 0.812. The first-order chi connectivity index (χ1) is 12.1. The predicted octanol–water partition coefficient (Wildman–Crippen LogP) is -0.189. The molecule has 0 aliphatic heterocycles. The fourth-order valence-corrected chi connectivity index (χ4v) is 1.90. The third-order valence-corrected chi connectivity index (χ3v) is 3.50. The molecule has 0 aliphatic rings. The van der Waals surface area contributed by atoms with Crippen LogP contribution in [0.2, 0.25) is 0 Å². The van der Waals surface area contributed by atoms with E-state index in [1.165, 1.54) is 32.1 Å². The van der Waals surface area contributed by atoms with Gasteiger partial charge in [0.05, 0.1) is 0 Å². The third-order valence-electron chi connectivity index (χ3n) is 3.50. The molecule has 154 valence electrons. The van der Waals surface area contributed by atoms with E-state index >= 15 is 0 Å². The molecule has 0 amide bonds. The maximum absolute atomic E-state index is 10.1. The summed E-state index contributed by atoms with van der Waals surface area (Å²) >= 11 is 0. The van der Waals surface area contributed by atoms with Crippen molar-refractivity contribution in [1.82, 2.24) is 0 Å². The van der Waals surface area contributed by atoms with E-state index in [0.29, 0.717) is 6.42 Å². The number of hydrogen-bond donors (Lipinski definition) is 7. The minimum atomic E-state index is -2.36. The zero-order valence-corrected chi connectivity index (χ0v) is 14.8. The third kappa shape index (κ3) is 13.5. The van der Waals surface area contributed by atoms with Gasteiger partial charge in [-0.25, -0.2) is 9.59 Å². The number of carboxylic acids is 3. The SMILES string of the molecule is CCCCCCCCCC(=O)O.O=C(O)[C@@H](O)[C@@H](O)[C@H](O)[C@@H](O)C(=O)O. The molecule has 7 N–H and O–H groups in total. The maximum atomic E-state index is 10.1. The monoisotopic (exact) mass is 382 g/mol. The Bertz CT molecular complexity index is 388. The standard InChI is InChI=1S/C10H20O2.C6H10O8/c1-2-3-4-5-6-7-8-9-10(11)12;7-1(3(9)5(11)12)2(8)4(10)6(13)14/h2-9H2,1H3,(H,11,12);1-4,7-10H,(H,11,12)(H,13,14)/t;1-,2-,3-,4+/m.0/s1. The first kappa shape index (κ1) is 26.5. The number of hydrogen-bond acceptors (Lipinski definition) is 7. The molecule has 10 heteroatoms. The number of rotatable bonds is 13. The number of carbonyl (C=O) groups is 3. The van der Waals surface area contributed by atoms with Gasteiger partial charge >= 0.3 is 17.9 Å². The van der Waals surface area contributed by atoms with Crippen LogP contribution in [0.3, 0.4) is 0 Å². The second-order valence-corrected chi connectivity index (χ2v) is 5.81. The molecule has 0 radical (unpaired) electrons. The van der Waals surface area contributed by atoms with Crippen LogP contribution >= 0.6 is 0 Å². The number of aliphatic hydroxyl groups is 4. The average Bonchev–Trinajstić information content (AvgIpc) is 2.58. The normalized spacial score (nSPS) is 15.1. The molecule has 10 nitrogen and oxygen atoms in total. The van der Waals surface area contributed by atoms with Gasteiger partial charge in [-0.15, -0.1) is 0 Å². The van der Waals surface area contributed by atoms with E-state index < -0.39 is 42.3 Å². The lowest BCUT2D eigenvalue weighted by Crippen LogP contribution is -2.49. The molecular formula is C16H30O10. The summed E-state index contributed by atoms with van der Waals surface area (Å²) in [5.41, 5.74) is 0. The fourth-order valence-electron chi connectivity index (χ4n) is 1.90. The van der Waals surface area contributed by atoms with Gasteiger partial charge in [-0.2, -0.15) is 0 Å². The Morgan fingerprint density at radius 3 is 1.31 bits per heavy atom. The summed E-state index contributed by atoms with van der Waals surface area (Å²) in [6, 6.07) is 0. The quantitative estimate of drug-likeness (QED) is 0.210. The van der Waals surface area contributed by atoms with Crippen molar-refractivity contribution in [3.63, 3.8) is 0 Å². The number of unbranched alkanes of at least 4 members (excludes halogenated alkanes) is 6. The van der Waals surface area contributed by atoms with Crippen molar-refractivity contribution in [1.29, 1.82) is 0 Å². The van der Waals surface area contributed by atoms with Crippen molar-refractivity contribution >= 4 is 17.9 Å². The van der Waals surface area contributed by atoms with Crippen LogP contribution in [-0.4, -0.2) is 78.1 Å². The van der Waals surface area contributed by atoms with Crippen molar-refractivity contribution in [2.24, 2.45) is 0 Å². The van der Waals surface area contributed by atoms with E-state index in [0.717, 1.165) is 12.8 Å². The molecule has 0 rings (SSSR count). The van der Waals surface area contributed by atoms with Crippen molar-refractivity contribution in [3.05, 3.63) is 0 Å². The molecule has 0 aliphatic carbocycles. The molecule has 0 bridgehead atoms. The highest BCUT2D eigenvalue weighted by atomic mass is 16.4. The smallest absolute Gasteiger partial charge is 0.335 e. The highest BCUT2D eigenvalue weighted by Crippen LogP contribution is 2.08. The van der Waals surface area contributed by atoms with Gasteiger partial charge in [0.2, 0.25) is 0 Å². The highest BCUT2D eigenvalue weighted by Gasteiger charge is 2.37. The van der Waals surface area contributed by atoms with E-state index in [2.05, 4.69) is 6.92 Å². The van der Waals surface area contributed by atoms with Crippen molar-refractivity contribution in [3.8, 4) is 0 Å². The Morgan fingerprint density at radius 1 is 0.654 bits per heavy atom. The summed E-state index contributed by atoms with van der Waals surface area (Å²) in [4.78, 5) is 30.3. The Morgan fingerprint density at radius 2 is 1.00 bits per heavy atom. The molecule has 0 saturated heterocycles. The van der Waals surface area contributed by atoms with Gasteiger partial charge in [0, 0.05) is 6.42 Å². The first-order valence-corrected chi connectivity index (χ1v) is 8.45. The Kier molecular flexibility index (Phi) is 15.8. The lowest BCUT2D eigenvalue weighted by Gasteiger charge is -2.21. The summed E-state index contributed by atoms with van der Waals surface area (Å²) < 4.78 is 0. The van der Waals surface area contributed by atoms with Crippen LogP contribution < -0.4 is 0 Å². The van der Waals surface area contributed by atoms with E-state index in [4.69, 9.17) is 35.7 Å². The van der Waals surface area contributed by atoms with E-state index in [1.807, 2.05) is 0 Å². The molecule has 0 aromatic carbocycles. The Balaban J connectivity index is 0. The Labute approximate surface area is 151 Å². The van der Waals surface area contributed by atoms with Gasteiger partial charge in [-0.3, -0.25) is 4.79 Å². The zero-order chi connectivity index (χ0) is 20.7. The van der Waals surface area contributed by atoms with Gasteiger partial charge in [0.25, 0.3) is 0 Å². The van der Waals surface area contributed by atoms with Gasteiger partial charge < -0.3 is 35.7 Å². The largest absolute Gasteiger partial charge is 0.481 e. The van der Waals surface area contributed by atoms with Crippen LogP contribution in [0.1, 0.15) is 58.3 Å². The second-order valence-electron chi connectivity index (χ2n) is 5.81. The molecule has 0 heterocycles. The van der Waals surface area contributed by atoms with Crippen molar-refractivity contribution in [2.45, 2.75) is 82.7 Å². The van der Waals surface area contributed by atoms with Gasteiger partial charge in [-0.05, 0) is 6.42 Å². The zero-order valence-electron chi connectivity index (χ0n) is 14.8. The number of aliphatic hydroxyl groups excluding tert-OH is 4. The summed E-state index contributed by atoms with van der Waals surface area (Å²) in [7, 11) is 0. The first-order valence-electron chi connectivity index (χ1n) is 8.45. The van der Waals surface area contributed by atoms with Crippen LogP contribution in [0.5, 0.6) is 0 Å². The lowest BCUT2D eigenvalue weighted by molar-refractivity contribution is -0.172. The van der Waals surface area contributed by atoms with E-state index in [-0.39, 0.29) is 0 Å². The number of carboxylic acid groups (broad SMARTS) is 3. The molecule has 4 atom stereocenters. The minimum absolute atomic E-state index is 0.341. The van der Waals surface area contributed by atoms with Gasteiger partial charge in [0.1, 0.15) is 12.2 Å². The molecule has 0 saturated carbocycles. The molecule has 0 aromatic rings. The maximum Gasteiger partial charge on any atom is 0.335 e. The molecule has 0 fully saturated rings. The summed E-state index contributed by atoms with van der Waals surface area (Å²) in [6.07, 6.45) is -0.640. The summed E-state index contributed by atoms with van der Waals surface area (Å²) in [6.45, 7) is 2.20. The topological polar surface area (TPSA) is 193 Å². The lowest BCUT2D eigenvalue weighted by atomic mass is 10.0. The predicted molar refractivity (Wildman–Crippen MR) is 89.5 cm³/mol. The highest BCUT2D eigenvalue weighted by molar-refractivity contribution is 5.75. The van der Waals surface area contributed by atoms with Crippen LogP contribution in [-0.2, 0) is 14.4 Å². The van der Waals surface area contributed by atoms with Gasteiger partial charge in [0.15, 0.2) is 12.2 Å². The average molecular weight is 382 g/mol. The van der Waals surface area contributed by atoms with Gasteiger partial charge in [-0.1, -0.05) is 45.4 Å². The number of aliphatic carboxylic acids is 3. The second kappa shape index (κ2) is 15.5.